The summed E-state index contributed by atoms with van der Waals surface area (Å²) in [5.74, 6) is 0.618. The Kier molecular flexibility index (Phi) is 6.22. The molecule has 93 valence electrons. The van der Waals surface area contributed by atoms with Gasteiger partial charge >= 0.3 is 0 Å². The van der Waals surface area contributed by atoms with E-state index in [2.05, 4.69) is 49.6 Å². The second-order valence-corrected chi connectivity index (χ2v) is 5.31. The standard InChI is InChI=1S/C16H23N.Li/c1-13(2)15-7-6-8-16(11-15)14(3)12-17-9-4-5-10-17;/h6-8,11,14H,1,4-5,9-10,12H2,2-3H3;. The van der Waals surface area contributed by atoms with Gasteiger partial charge in [0.25, 0.3) is 0 Å². The smallest absolute Gasteiger partial charge is 0.00476 e. The van der Waals surface area contributed by atoms with E-state index >= 15 is 0 Å². The summed E-state index contributed by atoms with van der Waals surface area (Å²) in [6.45, 7) is 12.2. The minimum Gasteiger partial charge on any atom is -0.303 e. The SMILES string of the molecule is C=C(C)c1cccc(C(C)CN2CCCC2)c1.[Li]. The van der Waals surface area contributed by atoms with Crippen molar-refractivity contribution in [1.82, 2.24) is 4.90 Å². The predicted octanol–water partition coefficient (Wildman–Crippen LogP) is 3.54. The van der Waals surface area contributed by atoms with Crippen LogP contribution in [0.25, 0.3) is 5.57 Å². The Bertz CT molecular complexity index is 394. The van der Waals surface area contributed by atoms with Crippen molar-refractivity contribution < 1.29 is 0 Å². The zero-order valence-electron chi connectivity index (χ0n) is 12.1. The molecule has 1 saturated heterocycles. The maximum atomic E-state index is 4.02. The van der Waals surface area contributed by atoms with Crippen molar-refractivity contribution >= 4 is 24.4 Å². The molecule has 0 amide bonds. The van der Waals surface area contributed by atoms with Gasteiger partial charge in [0.15, 0.2) is 0 Å². The maximum Gasteiger partial charge on any atom is 0.00476 e. The molecule has 1 radical (unpaired) electrons. The van der Waals surface area contributed by atoms with Crippen molar-refractivity contribution in [2.45, 2.75) is 32.6 Å². The van der Waals surface area contributed by atoms with Crippen molar-refractivity contribution in [2.24, 2.45) is 0 Å². The van der Waals surface area contributed by atoms with Gasteiger partial charge in [-0.05, 0) is 49.9 Å². The van der Waals surface area contributed by atoms with Crippen LogP contribution in [0.3, 0.4) is 0 Å². The molecule has 2 heteroatoms. The van der Waals surface area contributed by atoms with E-state index in [4.69, 9.17) is 0 Å². The second kappa shape index (κ2) is 7.19. The summed E-state index contributed by atoms with van der Waals surface area (Å²) in [4.78, 5) is 2.58. The quantitative estimate of drug-likeness (QED) is 0.723. The van der Waals surface area contributed by atoms with Gasteiger partial charge in [-0.3, -0.25) is 0 Å². The van der Waals surface area contributed by atoms with Crippen molar-refractivity contribution in [2.75, 3.05) is 19.6 Å². The van der Waals surface area contributed by atoms with E-state index in [0.717, 1.165) is 5.57 Å². The molecule has 0 aromatic heterocycles. The molecule has 0 aliphatic carbocycles. The van der Waals surface area contributed by atoms with E-state index in [1.165, 1.54) is 43.6 Å². The third-order valence-electron chi connectivity index (χ3n) is 3.68. The number of hydrogen-bond acceptors (Lipinski definition) is 1. The van der Waals surface area contributed by atoms with Gasteiger partial charge in [-0.15, -0.1) is 0 Å². The Morgan fingerprint density at radius 2 is 2.00 bits per heavy atom. The van der Waals surface area contributed by atoms with Crippen molar-refractivity contribution in [3.05, 3.63) is 42.0 Å². The summed E-state index contributed by atoms with van der Waals surface area (Å²) >= 11 is 0. The first-order valence-corrected chi connectivity index (χ1v) is 6.65. The molecule has 1 nitrogen and oxygen atoms in total. The molecule has 1 aliphatic rings. The van der Waals surface area contributed by atoms with Crippen LogP contribution in [0.2, 0.25) is 0 Å². The van der Waals surface area contributed by atoms with E-state index in [0.29, 0.717) is 5.92 Å². The number of benzene rings is 1. The fourth-order valence-electron chi connectivity index (χ4n) is 2.57. The molecular formula is C16H23LiN. The van der Waals surface area contributed by atoms with Gasteiger partial charge in [0.05, 0.1) is 0 Å². The van der Waals surface area contributed by atoms with Gasteiger partial charge in [-0.1, -0.05) is 43.3 Å². The summed E-state index contributed by atoms with van der Waals surface area (Å²) in [5, 5.41) is 0. The number of nitrogens with zero attached hydrogens (tertiary/aromatic N) is 1. The summed E-state index contributed by atoms with van der Waals surface area (Å²) in [7, 11) is 0. The van der Waals surface area contributed by atoms with Gasteiger partial charge in [-0.25, -0.2) is 0 Å². The Labute approximate surface area is 123 Å². The Balaban J connectivity index is 0.00000162. The molecule has 2 rings (SSSR count). The zero-order chi connectivity index (χ0) is 12.3. The fraction of sp³-hybridized carbons (Fsp3) is 0.500. The zero-order valence-corrected chi connectivity index (χ0v) is 12.1. The molecule has 0 bridgehead atoms. The number of allylic oxidation sites excluding steroid dienone is 1. The number of hydrogen-bond donors (Lipinski definition) is 0. The minimum absolute atomic E-state index is 0. The normalized spacial score (nSPS) is 17.2. The topological polar surface area (TPSA) is 3.24 Å². The predicted molar refractivity (Wildman–Crippen MR) is 81.0 cm³/mol. The molecule has 1 heterocycles. The van der Waals surface area contributed by atoms with Crippen LogP contribution in [0.4, 0.5) is 0 Å². The Hall–Kier alpha value is -0.483. The average molecular weight is 236 g/mol. The molecule has 1 atom stereocenters. The van der Waals surface area contributed by atoms with Gasteiger partial charge in [-0.2, -0.15) is 0 Å². The van der Waals surface area contributed by atoms with Gasteiger partial charge in [0.2, 0.25) is 0 Å². The maximum absolute atomic E-state index is 4.02. The first-order chi connectivity index (χ1) is 8.16. The average Bonchev–Trinajstić information content (AvgIpc) is 2.82. The molecule has 0 N–H and O–H groups in total. The number of rotatable bonds is 4. The van der Waals surface area contributed by atoms with Crippen molar-refractivity contribution in [3.63, 3.8) is 0 Å². The summed E-state index contributed by atoms with van der Waals surface area (Å²) < 4.78 is 0. The van der Waals surface area contributed by atoms with Crippen LogP contribution >= 0.6 is 0 Å². The number of likely N-dealkylation sites (tertiary alicyclic amines) is 1. The van der Waals surface area contributed by atoms with Crippen LogP contribution in [-0.2, 0) is 0 Å². The molecule has 1 unspecified atom stereocenters. The van der Waals surface area contributed by atoms with E-state index in [-0.39, 0.29) is 18.9 Å². The van der Waals surface area contributed by atoms with Crippen LogP contribution in [0.5, 0.6) is 0 Å². The van der Waals surface area contributed by atoms with Crippen molar-refractivity contribution in [3.8, 4) is 0 Å². The first-order valence-electron chi connectivity index (χ1n) is 6.65. The van der Waals surface area contributed by atoms with Crippen LogP contribution in [0.1, 0.15) is 43.7 Å². The Morgan fingerprint density at radius 3 is 2.61 bits per heavy atom. The van der Waals surface area contributed by atoms with Gasteiger partial charge in [0.1, 0.15) is 0 Å². The van der Waals surface area contributed by atoms with E-state index in [1.807, 2.05) is 0 Å². The van der Waals surface area contributed by atoms with E-state index in [1.54, 1.807) is 0 Å². The molecule has 0 spiro atoms. The molecule has 1 aliphatic heterocycles. The van der Waals surface area contributed by atoms with Gasteiger partial charge in [0, 0.05) is 25.4 Å². The summed E-state index contributed by atoms with van der Waals surface area (Å²) in [6.07, 6.45) is 2.75. The van der Waals surface area contributed by atoms with Crippen molar-refractivity contribution in [1.29, 1.82) is 0 Å². The molecule has 18 heavy (non-hydrogen) atoms. The van der Waals surface area contributed by atoms with Crippen LogP contribution < -0.4 is 0 Å². The third kappa shape index (κ3) is 4.02. The summed E-state index contributed by atoms with van der Waals surface area (Å²) in [5.41, 5.74) is 3.87. The molecule has 1 aromatic rings. The van der Waals surface area contributed by atoms with Crippen LogP contribution in [-0.4, -0.2) is 43.4 Å². The van der Waals surface area contributed by atoms with Gasteiger partial charge < -0.3 is 4.90 Å². The monoisotopic (exact) mass is 236 g/mol. The van der Waals surface area contributed by atoms with Crippen LogP contribution in [0, 0.1) is 0 Å². The minimum atomic E-state index is 0. The second-order valence-electron chi connectivity index (χ2n) is 5.31. The van der Waals surface area contributed by atoms with Crippen LogP contribution in [0.15, 0.2) is 30.8 Å². The van der Waals surface area contributed by atoms with E-state index < -0.39 is 0 Å². The molecule has 1 aromatic carbocycles. The molecule has 1 fully saturated rings. The third-order valence-corrected chi connectivity index (χ3v) is 3.68. The largest absolute Gasteiger partial charge is 0.303 e. The fourth-order valence-corrected chi connectivity index (χ4v) is 2.57. The first kappa shape index (κ1) is 15.6. The molecular weight excluding hydrogens is 213 g/mol. The Morgan fingerprint density at radius 1 is 1.33 bits per heavy atom. The summed E-state index contributed by atoms with van der Waals surface area (Å²) in [6, 6.07) is 8.84. The van der Waals surface area contributed by atoms with E-state index in [9.17, 15) is 0 Å². The molecule has 0 saturated carbocycles.